The van der Waals surface area contributed by atoms with Gasteiger partial charge in [0.2, 0.25) is 0 Å². The third kappa shape index (κ3) is 6.61. The highest BCUT2D eigenvalue weighted by Gasteiger charge is 2.24. The lowest BCUT2D eigenvalue weighted by Gasteiger charge is -2.18. The first-order chi connectivity index (χ1) is 6.45. The third-order valence-corrected chi connectivity index (χ3v) is 3.18. The van der Waals surface area contributed by atoms with Crippen LogP contribution in [0.2, 0.25) is 0 Å². The molecule has 0 radical (unpaired) electrons. The van der Waals surface area contributed by atoms with Crippen LogP contribution in [-0.4, -0.2) is 27.6 Å². The van der Waals surface area contributed by atoms with E-state index in [0.29, 0.717) is 0 Å². The first-order valence-corrected chi connectivity index (χ1v) is 5.87. The summed E-state index contributed by atoms with van der Waals surface area (Å²) >= 11 is 0. The van der Waals surface area contributed by atoms with Gasteiger partial charge in [0, 0.05) is 20.0 Å². The van der Waals surface area contributed by atoms with Gasteiger partial charge in [-0.3, -0.25) is 9.59 Å². The molecular formula is C8H16O5Si. The van der Waals surface area contributed by atoms with Gasteiger partial charge in [-0.25, -0.2) is 0 Å². The fraction of sp³-hybridized carbons (Fsp3) is 0.750. The van der Waals surface area contributed by atoms with Gasteiger partial charge in [-0.2, -0.15) is 0 Å². The molecule has 5 nitrogen and oxygen atoms in total. The van der Waals surface area contributed by atoms with Gasteiger partial charge in [0.1, 0.15) is 0 Å². The highest BCUT2D eigenvalue weighted by molar-refractivity contribution is 6.41. The molecule has 0 saturated carbocycles. The Morgan fingerprint density at radius 3 is 1.93 bits per heavy atom. The van der Waals surface area contributed by atoms with E-state index in [2.05, 4.69) is 0 Å². The molecule has 0 N–H and O–H groups in total. The summed E-state index contributed by atoms with van der Waals surface area (Å²) in [6.45, 7) is 6.26. The van der Waals surface area contributed by atoms with E-state index in [1.165, 1.54) is 13.8 Å². The molecule has 0 rings (SSSR count). The molecule has 0 bridgehead atoms. The van der Waals surface area contributed by atoms with Crippen molar-refractivity contribution in [3.05, 3.63) is 0 Å². The van der Waals surface area contributed by atoms with E-state index >= 15 is 0 Å². The number of rotatable bonds is 5. The summed E-state index contributed by atoms with van der Waals surface area (Å²) < 4.78 is 14.8. The van der Waals surface area contributed by atoms with E-state index in [1.807, 2.05) is 13.8 Å². The molecule has 0 fully saturated rings. The zero-order valence-corrected chi connectivity index (χ0v) is 10.1. The summed E-state index contributed by atoms with van der Waals surface area (Å²) in [6, 6.07) is 0. The molecule has 14 heavy (non-hydrogen) atoms. The van der Waals surface area contributed by atoms with Crippen LogP contribution in [0.5, 0.6) is 0 Å². The Hall–Kier alpha value is -0.883. The largest absolute Gasteiger partial charge is 0.619 e. The maximum absolute atomic E-state index is 10.6. The molecule has 0 saturated heterocycles. The number of carbonyl (C=O) groups excluding carboxylic acids is 2. The van der Waals surface area contributed by atoms with Crippen molar-refractivity contribution in [1.82, 2.24) is 0 Å². The first kappa shape index (κ1) is 13.1. The Kier molecular flexibility index (Phi) is 6.14. The Morgan fingerprint density at radius 2 is 1.64 bits per heavy atom. The predicted molar refractivity (Wildman–Crippen MR) is 51.5 cm³/mol. The third-order valence-electron chi connectivity index (χ3n) is 1.44. The minimum Gasteiger partial charge on any atom is -0.467 e. The molecule has 0 aromatic rings. The highest BCUT2D eigenvalue weighted by Crippen LogP contribution is 2.02. The lowest BCUT2D eigenvalue weighted by Crippen LogP contribution is -2.34. The summed E-state index contributed by atoms with van der Waals surface area (Å²) in [5, 5.41) is 0. The lowest BCUT2D eigenvalue weighted by molar-refractivity contribution is -0.141. The van der Waals surface area contributed by atoms with E-state index in [0.717, 1.165) is 6.42 Å². The van der Waals surface area contributed by atoms with Crippen LogP contribution in [0.25, 0.3) is 0 Å². The second-order valence-electron chi connectivity index (χ2n) is 2.86. The van der Waals surface area contributed by atoms with Crippen LogP contribution in [0.4, 0.5) is 0 Å². The van der Waals surface area contributed by atoms with E-state index in [4.69, 9.17) is 13.3 Å². The Balaban J connectivity index is 4.09. The van der Waals surface area contributed by atoms with Crippen molar-refractivity contribution in [2.24, 2.45) is 0 Å². The average molecular weight is 220 g/mol. The zero-order valence-electron chi connectivity index (χ0n) is 8.90. The van der Waals surface area contributed by atoms with Gasteiger partial charge in [0.15, 0.2) is 0 Å². The van der Waals surface area contributed by atoms with Crippen molar-refractivity contribution in [3.63, 3.8) is 0 Å². The number of hydrogen-bond acceptors (Lipinski definition) is 5. The van der Waals surface area contributed by atoms with Crippen LogP contribution in [0.1, 0.15) is 34.1 Å². The smallest absolute Gasteiger partial charge is 0.467 e. The fourth-order valence-corrected chi connectivity index (χ4v) is 1.91. The molecule has 1 unspecified atom stereocenters. The summed E-state index contributed by atoms with van der Waals surface area (Å²) in [5.41, 5.74) is 0. The van der Waals surface area contributed by atoms with Crippen molar-refractivity contribution in [2.45, 2.75) is 40.2 Å². The van der Waals surface area contributed by atoms with Crippen molar-refractivity contribution in [1.29, 1.82) is 0 Å². The van der Waals surface area contributed by atoms with Crippen LogP contribution in [0, 0.1) is 0 Å². The Labute approximate surface area is 85.3 Å². The Bertz CT molecular complexity index is 190. The molecule has 0 amide bonds. The van der Waals surface area contributed by atoms with E-state index in [9.17, 15) is 9.59 Å². The van der Waals surface area contributed by atoms with Gasteiger partial charge in [-0.15, -0.1) is 0 Å². The van der Waals surface area contributed by atoms with Crippen LogP contribution in [-0.2, 0) is 22.9 Å². The molecule has 0 aliphatic carbocycles. The quantitative estimate of drug-likeness (QED) is 0.636. The molecule has 6 heteroatoms. The lowest BCUT2D eigenvalue weighted by atomic mass is 10.3. The SMILES string of the molecule is CCC(C)O[SiH](OC(C)=O)OC(C)=O. The van der Waals surface area contributed by atoms with Crippen molar-refractivity contribution in [3.8, 4) is 0 Å². The van der Waals surface area contributed by atoms with Gasteiger partial charge in [-0.05, 0) is 13.3 Å². The maximum Gasteiger partial charge on any atom is 0.619 e. The minimum atomic E-state index is -2.62. The molecule has 1 atom stereocenters. The molecule has 0 aromatic heterocycles. The fourth-order valence-electron chi connectivity index (χ4n) is 0.637. The number of hydrogen-bond donors (Lipinski definition) is 0. The zero-order chi connectivity index (χ0) is 11.1. The molecule has 82 valence electrons. The van der Waals surface area contributed by atoms with Gasteiger partial charge >= 0.3 is 9.53 Å². The Morgan fingerprint density at radius 1 is 1.21 bits per heavy atom. The highest BCUT2D eigenvalue weighted by atomic mass is 28.3. The summed E-state index contributed by atoms with van der Waals surface area (Å²) in [4.78, 5) is 21.3. The van der Waals surface area contributed by atoms with E-state index < -0.39 is 21.5 Å². The molecule has 0 aromatic carbocycles. The minimum absolute atomic E-state index is 0.0784. The molecular weight excluding hydrogens is 204 g/mol. The summed E-state index contributed by atoms with van der Waals surface area (Å²) in [7, 11) is -2.62. The predicted octanol–water partition coefficient (Wildman–Crippen LogP) is 0.645. The van der Waals surface area contributed by atoms with Gasteiger partial charge in [-0.1, -0.05) is 6.92 Å². The van der Waals surface area contributed by atoms with Crippen LogP contribution >= 0.6 is 0 Å². The average Bonchev–Trinajstić information content (AvgIpc) is 2.01. The van der Waals surface area contributed by atoms with E-state index in [-0.39, 0.29) is 6.10 Å². The first-order valence-electron chi connectivity index (χ1n) is 4.45. The topological polar surface area (TPSA) is 61.8 Å². The van der Waals surface area contributed by atoms with Gasteiger partial charge in [0.05, 0.1) is 0 Å². The summed E-state index contributed by atoms with van der Waals surface area (Å²) in [5.74, 6) is -0.988. The van der Waals surface area contributed by atoms with Gasteiger partial charge in [0.25, 0.3) is 11.9 Å². The van der Waals surface area contributed by atoms with E-state index in [1.54, 1.807) is 0 Å². The standard InChI is InChI=1S/C8H16O5Si/c1-5-6(2)11-14(12-7(3)9)13-8(4)10/h6,14H,5H2,1-4H3. The maximum atomic E-state index is 10.6. The monoisotopic (exact) mass is 220 g/mol. The number of carbonyl (C=O) groups is 2. The van der Waals surface area contributed by atoms with Crippen molar-refractivity contribution >= 4 is 21.5 Å². The molecule has 0 aliphatic heterocycles. The summed E-state index contributed by atoms with van der Waals surface area (Å²) in [6.07, 6.45) is 0.692. The molecule has 0 spiro atoms. The van der Waals surface area contributed by atoms with Crippen LogP contribution < -0.4 is 0 Å². The molecule has 0 aliphatic rings. The van der Waals surface area contributed by atoms with Gasteiger partial charge < -0.3 is 13.3 Å². The normalized spacial score (nSPS) is 12.4. The molecule has 0 heterocycles. The van der Waals surface area contributed by atoms with Crippen molar-refractivity contribution < 1.29 is 22.9 Å². The van der Waals surface area contributed by atoms with Crippen LogP contribution in [0.3, 0.4) is 0 Å². The second-order valence-corrected chi connectivity index (χ2v) is 4.18. The van der Waals surface area contributed by atoms with Crippen LogP contribution in [0.15, 0.2) is 0 Å². The second kappa shape index (κ2) is 6.55. The van der Waals surface area contributed by atoms with Crippen molar-refractivity contribution in [2.75, 3.05) is 0 Å².